The molecule has 2 aromatic rings. The van der Waals surface area contributed by atoms with Crippen molar-refractivity contribution in [3.63, 3.8) is 0 Å². The third-order valence-electron chi connectivity index (χ3n) is 3.59. The molecular weight excluding hydrogens is 260 g/mol. The Labute approximate surface area is 114 Å². The van der Waals surface area contributed by atoms with Crippen LogP contribution >= 0.6 is 22.7 Å². The van der Waals surface area contributed by atoms with Crippen LogP contribution in [-0.4, -0.2) is 0 Å². The summed E-state index contributed by atoms with van der Waals surface area (Å²) in [7, 11) is 0. The van der Waals surface area contributed by atoms with Gasteiger partial charge >= 0.3 is 0 Å². The molecule has 0 spiro atoms. The summed E-state index contributed by atoms with van der Waals surface area (Å²) in [4.78, 5) is 2.46. The summed E-state index contributed by atoms with van der Waals surface area (Å²) in [5.74, 6) is 0.0538. The highest BCUT2D eigenvalue weighted by Crippen LogP contribution is 2.58. The van der Waals surface area contributed by atoms with Gasteiger partial charge in [0.05, 0.1) is 24.0 Å². The second kappa shape index (κ2) is 4.57. The SMILES string of the molecule is N#C[C@H]1[C@H](C#N)[C@@H](c2cccs2)[C@@H]1c1cccs1. The Hall–Kier alpha value is -1.62. The summed E-state index contributed by atoms with van der Waals surface area (Å²) >= 11 is 3.37. The van der Waals surface area contributed by atoms with Crippen molar-refractivity contribution in [1.29, 1.82) is 10.5 Å². The van der Waals surface area contributed by atoms with Gasteiger partial charge in [-0.3, -0.25) is 0 Å². The van der Waals surface area contributed by atoms with E-state index >= 15 is 0 Å². The summed E-state index contributed by atoms with van der Waals surface area (Å²) in [6.07, 6.45) is 0. The first-order valence-electron chi connectivity index (χ1n) is 5.73. The molecule has 1 saturated carbocycles. The predicted octanol–water partition coefficient (Wildman–Crippen LogP) is 3.97. The van der Waals surface area contributed by atoms with Crippen LogP contribution in [0.15, 0.2) is 35.0 Å². The molecule has 0 unspecified atom stereocenters. The highest BCUT2D eigenvalue weighted by molar-refractivity contribution is 7.10. The number of nitrogens with zero attached hydrogens (tertiary/aromatic N) is 2. The van der Waals surface area contributed by atoms with Crippen LogP contribution in [0.1, 0.15) is 21.6 Å². The smallest absolute Gasteiger partial charge is 0.0711 e. The van der Waals surface area contributed by atoms with Crippen molar-refractivity contribution in [2.24, 2.45) is 11.8 Å². The fourth-order valence-corrected chi connectivity index (χ4v) is 4.58. The molecule has 4 atom stereocenters. The van der Waals surface area contributed by atoms with Crippen LogP contribution in [0.3, 0.4) is 0 Å². The zero-order valence-electron chi connectivity index (χ0n) is 9.48. The standard InChI is InChI=1S/C14H10N2S2/c15-7-9-10(8-16)14(12-4-2-6-18-12)13(9)11-3-1-5-17-11/h1-6,9-10,13-14H/t9-,10-,13-,14-/m0/s1. The fourth-order valence-electron chi connectivity index (χ4n) is 2.74. The first-order valence-corrected chi connectivity index (χ1v) is 7.48. The lowest BCUT2D eigenvalue weighted by molar-refractivity contribution is 0.196. The lowest BCUT2D eigenvalue weighted by Crippen LogP contribution is -2.41. The molecule has 1 fully saturated rings. The van der Waals surface area contributed by atoms with E-state index in [0.717, 1.165) is 0 Å². The second-order valence-corrected chi connectivity index (χ2v) is 6.35. The van der Waals surface area contributed by atoms with Gasteiger partial charge in [-0.1, -0.05) is 12.1 Å². The number of hydrogen-bond donors (Lipinski definition) is 0. The Balaban J connectivity index is 2.00. The monoisotopic (exact) mass is 270 g/mol. The molecule has 1 aliphatic rings. The van der Waals surface area contributed by atoms with Crippen LogP contribution in [-0.2, 0) is 0 Å². The molecule has 2 nitrogen and oxygen atoms in total. The second-order valence-electron chi connectivity index (χ2n) is 4.39. The van der Waals surface area contributed by atoms with Crippen LogP contribution in [0.2, 0.25) is 0 Å². The average Bonchev–Trinajstić information content (AvgIpc) is 3.01. The van der Waals surface area contributed by atoms with Crippen LogP contribution in [0.5, 0.6) is 0 Å². The summed E-state index contributed by atoms with van der Waals surface area (Å²) < 4.78 is 0. The van der Waals surface area contributed by atoms with Gasteiger partial charge in [-0.2, -0.15) is 10.5 Å². The maximum Gasteiger partial charge on any atom is 0.0711 e. The van der Waals surface area contributed by atoms with E-state index in [1.54, 1.807) is 22.7 Å². The van der Waals surface area contributed by atoms with Gasteiger partial charge in [0.2, 0.25) is 0 Å². The van der Waals surface area contributed by atoms with Crippen LogP contribution in [0, 0.1) is 34.5 Å². The fraction of sp³-hybridized carbons (Fsp3) is 0.286. The first kappa shape index (κ1) is 11.5. The lowest BCUT2D eigenvalue weighted by atomic mass is 9.56. The molecule has 2 heterocycles. The number of hydrogen-bond acceptors (Lipinski definition) is 4. The minimum atomic E-state index is -0.166. The van der Waals surface area contributed by atoms with E-state index in [2.05, 4.69) is 24.3 Å². The van der Waals surface area contributed by atoms with Crippen molar-refractivity contribution < 1.29 is 0 Å². The van der Waals surface area contributed by atoms with Gasteiger partial charge in [-0.15, -0.1) is 22.7 Å². The third kappa shape index (κ3) is 1.58. The zero-order chi connectivity index (χ0) is 12.5. The minimum absolute atomic E-state index is 0.166. The molecule has 2 aromatic heterocycles. The van der Waals surface area contributed by atoms with Crippen molar-refractivity contribution in [3.8, 4) is 12.1 Å². The van der Waals surface area contributed by atoms with Gasteiger partial charge < -0.3 is 0 Å². The van der Waals surface area contributed by atoms with E-state index < -0.39 is 0 Å². The van der Waals surface area contributed by atoms with Gasteiger partial charge in [-0.25, -0.2) is 0 Å². The highest BCUT2D eigenvalue weighted by atomic mass is 32.1. The molecule has 18 heavy (non-hydrogen) atoms. The molecule has 0 aliphatic heterocycles. The Morgan fingerprint density at radius 2 is 1.28 bits per heavy atom. The Bertz CT molecular complexity index is 545. The molecule has 0 radical (unpaired) electrons. The summed E-state index contributed by atoms with van der Waals surface area (Å²) in [5.41, 5.74) is 0. The van der Waals surface area contributed by atoms with Crippen molar-refractivity contribution in [2.45, 2.75) is 11.8 Å². The molecule has 1 aliphatic carbocycles. The van der Waals surface area contributed by atoms with Gasteiger partial charge in [0, 0.05) is 21.6 Å². The van der Waals surface area contributed by atoms with E-state index in [1.165, 1.54) is 9.75 Å². The van der Waals surface area contributed by atoms with Crippen molar-refractivity contribution >= 4 is 22.7 Å². The number of thiophene rings is 2. The van der Waals surface area contributed by atoms with Crippen molar-refractivity contribution in [1.82, 2.24) is 0 Å². The summed E-state index contributed by atoms with van der Waals surface area (Å²) in [5, 5.41) is 22.6. The Morgan fingerprint density at radius 1 is 0.833 bits per heavy atom. The Morgan fingerprint density at radius 3 is 1.56 bits per heavy atom. The van der Waals surface area contributed by atoms with E-state index in [9.17, 15) is 10.5 Å². The van der Waals surface area contributed by atoms with Gasteiger partial charge in [0.1, 0.15) is 0 Å². The van der Waals surface area contributed by atoms with E-state index in [4.69, 9.17) is 0 Å². The van der Waals surface area contributed by atoms with E-state index in [-0.39, 0.29) is 23.7 Å². The average molecular weight is 270 g/mol. The van der Waals surface area contributed by atoms with Gasteiger partial charge in [-0.05, 0) is 22.9 Å². The molecule has 88 valence electrons. The number of nitriles is 2. The van der Waals surface area contributed by atoms with Crippen molar-refractivity contribution in [2.75, 3.05) is 0 Å². The maximum atomic E-state index is 9.28. The van der Waals surface area contributed by atoms with E-state index in [0.29, 0.717) is 0 Å². The molecular formula is C14H10N2S2. The van der Waals surface area contributed by atoms with Crippen LogP contribution in [0.4, 0.5) is 0 Å². The largest absolute Gasteiger partial charge is 0.198 e. The Kier molecular flexibility index (Phi) is 2.91. The van der Waals surface area contributed by atoms with Gasteiger partial charge in [0.15, 0.2) is 0 Å². The molecule has 0 N–H and O–H groups in total. The van der Waals surface area contributed by atoms with E-state index in [1.807, 2.05) is 22.9 Å². The maximum absolute atomic E-state index is 9.28. The quantitative estimate of drug-likeness (QED) is 0.829. The molecule has 0 amide bonds. The third-order valence-corrected chi connectivity index (χ3v) is 5.54. The first-order chi connectivity index (χ1) is 8.86. The molecule has 0 aromatic carbocycles. The topological polar surface area (TPSA) is 47.6 Å². The van der Waals surface area contributed by atoms with Crippen molar-refractivity contribution in [3.05, 3.63) is 44.8 Å². The zero-order valence-corrected chi connectivity index (χ0v) is 11.1. The molecule has 0 saturated heterocycles. The summed E-state index contributed by atoms with van der Waals surface area (Å²) in [6.45, 7) is 0. The van der Waals surface area contributed by atoms with Crippen LogP contribution < -0.4 is 0 Å². The van der Waals surface area contributed by atoms with Gasteiger partial charge in [0.25, 0.3) is 0 Å². The molecule has 4 heteroatoms. The molecule has 0 bridgehead atoms. The predicted molar refractivity (Wildman–Crippen MR) is 72.3 cm³/mol. The normalized spacial score (nSPS) is 30.1. The minimum Gasteiger partial charge on any atom is -0.198 e. The summed E-state index contributed by atoms with van der Waals surface area (Å²) in [6, 6.07) is 12.8. The highest BCUT2D eigenvalue weighted by Gasteiger charge is 2.53. The lowest BCUT2D eigenvalue weighted by Gasteiger charge is -2.44. The van der Waals surface area contributed by atoms with Crippen LogP contribution in [0.25, 0.3) is 0 Å². The molecule has 3 rings (SSSR count). The number of rotatable bonds is 2.